The number of aryl methyl sites for hydroxylation is 1. The average molecular weight is 447 g/mol. The Morgan fingerprint density at radius 2 is 2.12 bits per heavy atom. The zero-order chi connectivity index (χ0) is 22.6. The number of aromatic nitrogens is 4. The number of carbonyl (C=O) groups excluding carboxylic acids is 1. The average Bonchev–Trinajstić information content (AvgIpc) is 3.50. The molecule has 0 bridgehead atoms. The molecule has 1 aliphatic carbocycles. The molecule has 2 aliphatic rings. The number of amides is 1. The summed E-state index contributed by atoms with van der Waals surface area (Å²) in [5.74, 6) is -2.89. The minimum absolute atomic E-state index is 0.0206. The third-order valence-corrected chi connectivity index (χ3v) is 6.50. The predicted octanol–water partition coefficient (Wildman–Crippen LogP) is 3.84. The van der Waals surface area contributed by atoms with Crippen molar-refractivity contribution in [2.24, 2.45) is 13.0 Å². The lowest BCUT2D eigenvalue weighted by molar-refractivity contribution is -0.119. The van der Waals surface area contributed by atoms with Crippen LogP contribution in [0.15, 0.2) is 24.5 Å². The molecule has 1 N–H and O–H groups in total. The molecule has 32 heavy (non-hydrogen) atoms. The van der Waals surface area contributed by atoms with Gasteiger partial charge in [-0.3, -0.25) is 9.48 Å². The first-order chi connectivity index (χ1) is 15.2. The fourth-order valence-corrected chi connectivity index (χ4v) is 4.61. The number of rotatable bonds is 5. The van der Waals surface area contributed by atoms with Crippen LogP contribution in [0.2, 0.25) is 0 Å². The van der Waals surface area contributed by atoms with Gasteiger partial charge in [-0.15, -0.1) is 0 Å². The van der Waals surface area contributed by atoms with Gasteiger partial charge < -0.3 is 10.1 Å². The van der Waals surface area contributed by atoms with E-state index in [1.54, 1.807) is 29.2 Å². The van der Waals surface area contributed by atoms with Gasteiger partial charge in [0.15, 0.2) is 0 Å². The number of nitrogens with zero attached hydrogens (tertiary/aromatic N) is 4. The summed E-state index contributed by atoms with van der Waals surface area (Å²) < 4.78 is 50.9. The number of alkyl halides is 2. The summed E-state index contributed by atoms with van der Waals surface area (Å²) in [6.07, 6.45) is 3.40. The minimum atomic E-state index is -2.66. The summed E-state index contributed by atoms with van der Waals surface area (Å²) >= 11 is 0. The molecule has 1 aromatic carbocycles. The Kier molecular flexibility index (Phi) is 4.90. The fraction of sp³-hybridized carbons (Fsp3) is 0.500. The third-order valence-electron chi connectivity index (χ3n) is 6.50. The molecule has 3 atom stereocenters. The van der Waals surface area contributed by atoms with Crippen molar-refractivity contribution < 1.29 is 22.7 Å². The van der Waals surface area contributed by atoms with Gasteiger partial charge >= 0.3 is 0 Å². The molecule has 1 saturated carbocycles. The first kappa shape index (κ1) is 20.8. The highest BCUT2D eigenvalue weighted by atomic mass is 19.3. The first-order valence-corrected chi connectivity index (χ1v) is 10.7. The summed E-state index contributed by atoms with van der Waals surface area (Å²) in [6.45, 7) is 2.37. The molecular formula is C22H24F3N5O2. The van der Waals surface area contributed by atoms with Gasteiger partial charge in [-0.1, -0.05) is 0 Å². The van der Waals surface area contributed by atoms with E-state index in [2.05, 4.69) is 15.5 Å². The third kappa shape index (κ3) is 3.71. The lowest BCUT2D eigenvalue weighted by atomic mass is 10.0. The van der Waals surface area contributed by atoms with Gasteiger partial charge in [0.05, 0.1) is 23.1 Å². The van der Waals surface area contributed by atoms with Crippen LogP contribution >= 0.6 is 0 Å². The molecule has 3 unspecified atom stereocenters. The van der Waals surface area contributed by atoms with E-state index in [-0.39, 0.29) is 42.2 Å². The standard InChI is InChI=1S/C22H24F3N5O2/c1-12(14-7-19(31)26-9-14)32-18-6-13(5-17-20(18)21(23)29(2)28-17)15-10-27-30(11-15)16-3-4-22(24,25)8-16/h5-6,10-12,14,16H,3-4,7-9H2,1-2H3,(H,26,31). The van der Waals surface area contributed by atoms with Crippen LogP contribution in [0.25, 0.3) is 22.0 Å². The number of ether oxygens (including phenoxy) is 1. The topological polar surface area (TPSA) is 74.0 Å². The molecule has 3 heterocycles. The van der Waals surface area contributed by atoms with Crippen molar-refractivity contribution in [3.8, 4) is 16.9 Å². The highest BCUT2D eigenvalue weighted by molar-refractivity contribution is 5.90. The summed E-state index contributed by atoms with van der Waals surface area (Å²) in [6, 6.07) is 3.11. The SMILES string of the molecule is CC(Oc1cc(-c2cnn(C3CCC(F)(F)C3)c2)cc2nn(C)c(F)c12)C1CNC(=O)C1. The highest BCUT2D eigenvalue weighted by Gasteiger charge is 2.40. The largest absolute Gasteiger partial charge is 0.489 e. The molecule has 1 amide bonds. The van der Waals surface area contributed by atoms with E-state index >= 15 is 0 Å². The minimum Gasteiger partial charge on any atom is -0.489 e. The van der Waals surface area contributed by atoms with Gasteiger partial charge in [0, 0.05) is 50.5 Å². The molecule has 2 aromatic heterocycles. The Morgan fingerprint density at radius 1 is 1.31 bits per heavy atom. The van der Waals surface area contributed by atoms with Gasteiger partial charge in [-0.25, -0.2) is 13.5 Å². The van der Waals surface area contributed by atoms with E-state index in [0.717, 1.165) is 4.68 Å². The van der Waals surface area contributed by atoms with Gasteiger partial charge in [0.1, 0.15) is 11.9 Å². The lowest BCUT2D eigenvalue weighted by Crippen LogP contribution is -2.25. The number of hydrogen-bond donors (Lipinski definition) is 1. The van der Waals surface area contributed by atoms with Crippen LogP contribution in [-0.2, 0) is 11.8 Å². The van der Waals surface area contributed by atoms with Gasteiger partial charge in [0.2, 0.25) is 17.8 Å². The molecule has 10 heteroatoms. The Morgan fingerprint density at radius 3 is 2.81 bits per heavy atom. The van der Waals surface area contributed by atoms with Gasteiger partial charge in [-0.05, 0) is 31.0 Å². The van der Waals surface area contributed by atoms with Crippen LogP contribution < -0.4 is 10.1 Å². The van der Waals surface area contributed by atoms with E-state index in [0.29, 0.717) is 41.8 Å². The number of hydrogen-bond acceptors (Lipinski definition) is 4. The number of halogens is 3. The maximum absolute atomic E-state index is 14.8. The molecule has 0 radical (unpaired) electrons. The Balaban J connectivity index is 1.49. The molecule has 5 rings (SSSR count). The van der Waals surface area contributed by atoms with Crippen molar-refractivity contribution in [2.75, 3.05) is 6.54 Å². The van der Waals surface area contributed by atoms with E-state index in [9.17, 15) is 18.0 Å². The van der Waals surface area contributed by atoms with Crippen LogP contribution in [0.4, 0.5) is 13.2 Å². The van der Waals surface area contributed by atoms with Crippen molar-refractivity contribution in [3.63, 3.8) is 0 Å². The summed E-state index contributed by atoms with van der Waals surface area (Å²) in [5.41, 5.74) is 1.84. The fourth-order valence-electron chi connectivity index (χ4n) is 4.61. The number of benzene rings is 1. The summed E-state index contributed by atoms with van der Waals surface area (Å²) in [7, 11) is 1.51. The summed E-state index contributed by atoms with van der Waals surface area (Å²) in [4.78, 5) is 11.6. The van der Waals surface area contributed by atoms with Crippen molar-refractivity contribution in [2.45, 2.75) is 50.7 Å². The van der Waals surface area contributed by atoms with Crippen molar-refractivity contribution in [1.82, 2.24) is 24.9 Å². The van der Waals surface area contributed by atoms with Crippen LogP contribution in [-0.4, -0.2) is 44.0 Å². The number of carbonyl (C=O) groups is 1. The molecule has 1 aliphatic heterocycles. The van der Waals surface area contributed by atoms with Gasteiger partial charge in [0.25, 0.3) is 0 Å². The maximum atomic E-state index is 14.8. The smallest absolute Gasteiger partial charge is 0.250 e. The molecular weight excluding hydrogens is 423 g/mol. The van der Waals surface area contributed by atoms with Crippen molar-refractivity contribution in [3.05, 3.63) is 30.5 Å². The Bertz CT molecular complexity index is 1190. The quantitative estimate of drug-likeness (QED) is 0.645. The second-order valence-electron chi connectivity index (χ2n) is 8.84. The number of nitrogens with one attached hydrogen (secondary N) is 1. The maximum Gasteiger partial charge on any atom is 0.250 e. The second-order valence-corrected chi connectivity index (χ2v) is 8.84. The van der Waals surface area contributed by atoms with E-state index in [4.69, 9.17) is 4.74 Å². The van der Waals surface area contributed by atoms with Crippen LogP contribution in [0.5, 0.6) is 5.75 Å². The molecule has 1 saturated heterocycles. The van der Waals surface area contributed by atoms with E-state index < -0.39 is 11.9 Å². The number of fused-ring (bicyclic) bond motifs is 1. The highest BCUT2D eigenvalue weighted by Crippen LogP contribution is 2.42. The molecule has 3 aromatic rings. The van der Waals surface area contributed by atoms with Crippen molar-refractivity contribution >= 4 is 16.8 Å². The predicted molar refractivity (Wildman–Crippen MR) is 111 cm³/mol. The normalized spacial score (nSPS) is 23.6. The Hall–Kier alpha value is -3.04. The zero-order valence-electron chi connectivity index (χ0n) is 17.8. The van der Waals surface area contributed by atoms with Crippen LogP contribution in [0, 0.1) is 11.9 Å². The lowest BCUT2D eigenvalue weighted by Gasteiger charge is -2.20. The molecule has 0 spiro atoms. The first-order valence-electron chi connectivity index (χ1n) is 10.7. The molecule has 170 valence electrons. The second kappa shape index (κ2) is 7.53. The zero-order valence-corrected chi connectivity index (χ0v) is 17.8. The van der Waals surface area contributed by atoms with E-state index in [1.807, 2.05) is 6.92 Å². The monoisotopic (exact) mass is 447 g/mol. The summed E-state index contributed by atoms with van der Waals surface area (Å²) in [5, 5.41) is 11.6. The van der Waals surface area contributed by atoms with Crippen molar-refractivity contribution in [1.29, 1.82) is 0 Å². The molecule has 7 nitrogen and oxygen atoms in total. The van der Waals surface area contributed by atoms with Crippen LogP contribution in [0.1, 0.15) is 38.6 Å². The van der Waals surface area contributed by atoms with Crippen LogP contribution in [0.3, 0.4) is 0 Å². The van der Waals surface area contributed by atoms with E-state index in [1.165, 1.54) is 7.05 Å². The molecule has 2 fully saturated rings. The van der Waals surface area contributed by atoms with Gasteiger partial charge in [-0.2, -0.15) is 14.6 Å². The Labute approximate surface area is 182 Å².